The van der Waals surface area contributed by atoms with Crippen molar-refractivity contribution in [2.75, 3.05) is 42.6 Å². The first-order valence-electron chi connectivity index (χ1n) is 8.28. The number of rotatable bonds is 5. The highest BCUT2D eigenvalue weighted by molar-refractivity contribution is 5.99. The maximum Gasteiger partial charge on any atom is 0.253 e. The van der Waals surface area contributed by atoms with Gasteiger partial charge in [-0.2, -0.15) is 4.98 Å². The standard InChI is InChI=1S/C18H21FN4O2/c1-2-25-16-8-4-7-15(21-16)23-11-9-22(10-12-23)14-6-3-5-13(19)17(14)18(20)24/h3-8H,2,9-12H2,1H3,(H2,20,24). The number of halogens is 1. The van der Waals surface area contributed by atoms with Crippen LogP contribution < -0.4 is 20.3 Å². The lowest BCUT2D eigenvalue weighted by Crippen LogP contribution is -2.47. The van der Waals surface area contributed by atoms with E-state index in [-0.39, 0.29) is 5.56 Å². The van der Waals surface area contributed by atoms with Crippen molar-refractivity contribution in [3.8, 4) is 5.88 Å². The number of ether oxygens (including phenoxy) is 1. The van der Waals surface area contributed by atoms with Gasteiger partial charge in [0.1, 0.15) is 11.6 Å². The first-order chi connectivity index (χ1) is 12.1. The van der Waals surface area contributed by atoms with Gasteiger partial charge in [0, 0.05) is 32.2 Å². The SMILES string of the molecule is CCOc1cccc(N2CCN(c3cccc(F)c3C(N)=O)CC2)n1. The molecule has 0 radical (unpaired) electrons. The molecule has 3 rings (SSSR count). The minimum atomic E-state index is -0.749. The molecule has 2 aromatic rings. The molecule has 1 amide bonds. The van der Waals surface area contributed by atoms with Crippen LogP contribution in [0.2, 0.25) is 0 Å². The van der Waals surface area contributed by atoms with E-state index in [1.807, 2.05) is 30.0 Å². The zero-order valence-electron chi connectivity index (χ0n) is 14.1. The smallest absolute Gasteiger partial charge is 0.253 e. The van der Waals surface area contributed by atoms with Crippen LogP contribution in [0.3, 0.4) is 0 Å². The van der Waals surface area contributed by atoms with Gasteiger partial charge in [-0.25, -0.2) is 4.39 Å². The molecule has 0 atom stereocenters. The Labute approximate surface area is 146 Å². The number of hydrogen-bond donors (Lipinski definition) is 1. The van der Waals surface area contributed by atoms with E-state index < -0.39 is 11.7 Å². The van der Waals surface area contributed by atoms with Crippen LogP contribution >= 0.6 is 0 Å². The number of carbonyl (C=O) groups is 1. The van der Waals surface area contributed by atoms with Gasteiger partial charge < -0.3 is 20.3 Å². The molecule has 7 heteroatoms. The molecule has 0 bridgehead atoms. The summed E-state index contributed by atoms with van der Waals surface area (Å²) < 4.78 is 19.4. The molecule has 0 saturated carbocycles. The van der Waals surface area contributed by atoms with Crippen molar-refractivity contribution < 1.29 is 13.9 Å². The zero-order chi connectivity index (χ0) is 17.8. The van der Waals surface area contributed by atoms with Crippen molar-refractivity contribution in [1.82, 2.24) is 4.98 Å². The molecular weight excluding hydrogens is 323 g/mol. The number of amides is 1. The number of piperazine rings is 1. The summed E-state index contributed by atoms with van der Waals surface area (Å²) in [5.41, 5.74) is 5.84. The number of nitrogens with two attached hydrogens (primary N) is 1. The molecule has 6 nitrogen and oxygen atoms in total. The van der Waals surface area contributed by atoms with Gasteiger partial charge in [0.05, 0.1) is 17.9 Å². The number of anilines is 2. The number of benzene rings is 1. The van der Waals surface area contributed by atoms with E-state index in [2.05, 4.69) is 9.88 Å². The van der Waals surface area contributed by atoms with Crippen molar-refractivity contribution in [3.63, 3.8) is 0 Å². The molecule has 132 valence electrons. The summed E-state index contributed by atoms with van der Waals surface area (Å²) in [7, 11) is 0. The Bertz CT molecular complexity index is 760. The van der Waals surface area contributed by atoms with E-state index in [0.29, 0.717) is 44.4 Å². The van der Waals surface area contributed by atoms with E-state index in [0.717, 1.165) is 5.82 Å². The minimum absolute atomic E-state index is 0.0487. The average Bonchev–Trinajstić information content (AvgIpc) is 2.62. The summed E-state index contributed by atoms with van der Waals surface area (Å²) in [5.74, 6) is 0.115. The third-order valence-corrected chi connectivity index (χ3v) is 4.18. The summed E-state index contributed by atoms with van der Waals surface area (Å²) in [6, 6.07) is 10.3. The van der Waals surface area contributed by atoms with Gasteiger partial charge in [0.25, 0.3) is 5.91 Å². The van der Waals surface area contributed by atoms with Crippen LogP contribution in [-0.2, 0) is 0 Å². The van der Waals surface area contributed by atoms with Gasteiger partial charge in [0.15, 0.2) is 0 Å². The molecule has 0 unspecified atom stereocenters. The van der Waals surface area contributed by atoms with Crippen LogP contribution in [-0.4, -0.2) is 43.7 Å². The van der Waals surface area contributed by atoms with Crippen molar-refractivity contribution >= 4 is 17.4 Å². The fourth-order valence-electron chi connectivity index (χ4n) is 3.00. The summed E-state index contributed by atoms with van der Waals surface area (Å²) in [5, 5.41) is 0. The molecule has 1 saturated heterocycles. The quantitative estimate of drug-likeness (QED) is 0.899. The third-order valence-electron chi connectivity index (χ3n) is 4.18. The van der Waals surface area contributed by atoms with Crippen LogP contribution in [0.5, 0.6) is 5.88 Å². The number of carbonyl (C=O) groups excluding carboxylic acids is 1. The first kappa shape index (κ1) is 17.0. The summed E-state index contributed by atoms with van der Waals surface area (Å²) in [4.78, 5) is 20.2. The lowest BCUT2D eigenvalue weighted by molar-refractivity contribution is 0.0997. The lowest BCUT2D eigenvalue weighted by atomic mass is 10.1. The van der Waals surface area contributed by atoms with Gasteiger partial charge in [-0.1, -0.05) is 12.1 Å². The van der Waals surface area contributed by atoms with E-state index in [4.69, 9.17) is 10.5 Å². The van der Waals surface area contributed by atoms with Gasteiger partial charge in [-0.05, 0) is 25.1 Å². The van der Waals surface area contributed by atoms with Crippen molar-refractivity contribution in [1.29, 1.82) is 0 Å². The molecule has 1 fully saturated rings. The fourth-order valence-corrected chi connectivity index (χ4v) is 3.00. The molecule has 0 spiro atoms. The second-order valence-corrected chi connectivity index (χ2v) is 5.74. The van der Waals surface area contributed by atoms with Gasteiger partial charge >= 0.3 is 0 Å². The topological polar surface area (TPSA) is 71.7 Å². The number of hydrogen-bond acceptors (Lipinski definition) is 5. The lowest BCUT2D eigenvalue weighted by Gasteiger charge is -2.37. The number of primary amides is 1. The Hall–Kier alpha value is -2.83. The molecule has 1 aliphatic rings. The monoisotopic (exact) mass is 344 g/mol. The molecule has 25 heavy (non-hydrogen) atoms. The second-order valence-electron chi connectivity index (χ2n) is 5.74. The zero-order valence-corrected chi connectivity index (χ0v) is 14.1. The Morgan fingerprint density at radius 3 is 2.52 bits per heavy atom. The van der Waals surface area contributed by atoms with Gasteiger partial charge in [-0.15, -0.1) is 0 Å². The molecule has 0 aliphatic carbocycles. The molecule has 2 heterocycles. The van der Waals surface area contributed by atoms with Crippen LogP contribution in [0.1, 0.15) is 17.3 Å². The maximum atomic E-state index is 14.0. The average molecular weight is 344 g/mol. The molecule has 1 aromatic carbocycles. The molecular formula is C18H21FN4O2. The summed E-state index contributed by atoms with van der Waals surface area (Å²) >= 11 is 0. The summed E-state index contributed by atoms with van der Waals surface area (Å²) in [6.45, 7) is 5.19. The number of pyridine rings is 1. The fraction of sp³-hybridized carbons (Fsp3) is 0.333. The molecule has 1 aliphatic heterocycles. The van der Waals surface area contributed by atoms with Crippen molar-refractivity contribution in [2.45, 2.75) is 6.92 Å². The normalized spacial score (nSPS) is 14.5. The minimum Gasteiger partial charge on any atom is -0.478 e. The van der Waals surface area contributed by atoms with Crippen molar-refractivity contribution in [3.05, 3.63) is 47.8 Å². The van der Waals surface area contributed by atoms with Crippen LogP contribution in [0.15, 0.2) is 36.4 Å². The van der Waals surface area contributed by atoms with E-state index in [9.17, 15) is 9.18 Å². The Balaban J connectivity index is 1.73. The maximum absolute atomic E-state index is 14.0. The Morgan fingerprint density at radius 1 is 1.16 bits per heavy atom. The highest BCUT2D eigenvalue weighted by atomic mass is 19.1. The van der Waals surface area contributed by atoms with Crippen LogP contribution in [0.25, 0.3) is 0 Å². The van der Waals surface area contributed by atoms with Crippen LogP contribution in [0.4, 0.5) is 15.9 Å². The molecule has 2 N–H and O–H groups in total. The van der Waals surface area contributed by atoms with Crippen LogP contribution in [0, 0.1) is 5.82 Å². The third kappa shape index (κ3) is 3.65. The molecule has 1 aromatic heterocycles. The largest absolute Gasteiger partial charge is 0.478 e. The summed E-state index contributed by atoms with van der Waals surface area (Å²) in [6.07, 6.45) is 0. The van der Waals surface area contributed by atoms with E-state index >= 15 is 0 Å². The van der Waals surface area contributed by atoms with E-state index in [1.54, 1.807) is 12.1 Å². The highest BCUT2D eigenvalue weighted by Crippen LogP contribution is 2.25. The number of nitrogens with zero attached hydrogens (tertiary/aromatic N) is 3. The highest BCUT2D eigenvalue weighted by Gasteiger charge is 2.23. The van der Waals surface area contributed by atoms with Gasteiger partial charge in [-0.3, -0.25) is 4.79 Å². The predicted molar refractivity (Wildman–Crippen MR) is 94.7 cm³/mol. The van der Waals surface area contributed by atoms with Gasteiger partial charge in [0.2, 0.25) is 5.88 Å². The second kappa shape index (κ2) is 7.38. The predicted octanol–water partition coefficient (Wildman–Crippen LogP) is 2.04. The Morgan fingerprint density at radius 2 is 1.84 bits per heavy atom. The number of aromatic nitrogens is 1. The van der Waals surface area contributed by atoms with E-state index in [1.165, 1.54) is 6.07 Å². The Kier molecular flexibility index (Phi) is 5.02. The first-order valence-corrected chi connectivity index (χ1v) is 8.28. The van der Waals surface area contributed by atoms with Crippen molar-refractivity contribution in [2.24, 2.45) is 5.73 Å².